The van der Waals surface area contributed by atoms with E-state index < -0.39 is 5.41 Å². The molecule has 2 unspecified atom stereocenters. The molecular weight excluding hydrogens is 280 g/mol. The Hall–Kier alpha value is -0.650. The number of nitrogens with one attached hydrogen (secondary N) is 1. The summed E-state index contributed by atoms with van der Waals surface area (Å²) in [5, 5.41) is 3.30. The average molecular weight is 312 g/mol. The van der Waals surface area contributed by atoms with Crippen molar-refractivity contribution in [2.45, 2.75) is 65.0 Å². The first-order valence-electron chi connectivity index (χ1n) is 8.79. The summed E-state index contributed by atoms with van der Waals surface area (Å²) in [5.41, 5.74) is 5.57. The molecule has 0 radical (unpaired) electrons. The Labute approximate surface area is 134 Å². The van der Waals surface area contributed by atoms with Crippen molar-refractivity contribution in [3.05, 3.63) is 0 Å². The van der Waals surface area contributed by atoms with Crippen LogP contribution in [0.15, 0.2) is 0 Å². The van der Waals surface area contributed by atoms with Gasteiger partial charge in [0.1, 0.15) is 0 Å². The highest BCUT2D eigenvalue weighted by Gasteiger charge is 2.55. The van der Waals surface area contributed by atoms with E-state index in [1.807, 2.05) is 6.92 Å². The summed E-state index contributed by atoms with van der Waals surface area (Å²) >= 11 is 0. The van der Waals surface area contributed by atoms with E-state index in [1.54, 1.807) is 0 Å². The summed E-state index contributed by atoms with van der Waals surface area (Å²) in [6.07, 6.45) is 4.68. The maximum atomic E-state index is 12.9. The first-order chi connectivity index (χ1) is 10.6. The van der Waals surface area contributed by atoms with Crippen LogP contribution in [0.5, 0.6) is 0 Å². The summed E-state index contributed by atoms with van der Waals surface area (Å²) in [4.78, 5) is 12.9. The number of hydrogen-bond acceptors (Lipinski definition) is 4. The van der Waals surface area contributed by atoms with E-state index in [9.17, 15) is 4.79 Å². The maximum absolute atomic E-state index is 12.9. The van der Waals surface area contributed by atoms with E-state index >= 15 is 0 Å². The van der Waals surface area contributed by atoms with Crippen molar-refractivity contribution in [1.82, 2.24) is 5.32 Å². The van der Waals surface area contributed by atoms with Gasteiger partial charge in [0.2, 0.25) is 5.91 Å². The highest BCUT2D eigenvalue weighted by Crippen LogP contribution is 2.49. The third-order valence-electron chi connectivity index (χ3n) is 6.10. The van der Waals surface area contributed by atoms with Crippen molar-refractivity contribution >= 4 is 5.91 Å². The first-order valence-corrected chi connectivity index (χ1v) is 8.79. The van der Waals surface area contributed by atoms with Crippen LogP contribution in [0, 0.1) is 10.8 Å². The second-order valence-corrected chi connectivity index (χ2v) is 6.74. The molecule has 5 heteroatoms. The van der Waals surface area contributed by atoms with E-state index in [0.717, 1.165) is 38.7 Å². The highest BCUT2D eigenvalue weighted by atomic mass is 16.5. The Bertz CT molecular complexity index is 376. The lowest BCUT2D eigenvalue weighted by Crippen LogP contribution is -2.66. The molecule has 2 aliphatic rings. The van der Waals surface area contributed by atoms with Crippen LogP contribution in [-0.2, 0) is 14.3 Å². The second kappa shape index (κ2) is 7.28. The largest absolute Gasteiger partial charge is 0.381 e. The molecule has 2 atom stereocenters. The molecule has 1 aliphatic carbocycles. The maximum Gasteiger partial charge on any atom is 0.227 e. The minimum Gasteiger partial charge on any atom is -0.381 e. The van der Waals surface area contributed by atoms with Crippen LogP contribution in [0.3, 0.4) is 0 Å². The molecule has 0 aromatic carbocycles. The fourth-order valence-corrected chi connectivity index (χ4v) is 4.18. The van der Waals surface area contributed by atoms with Crippen molar-refractivity contribution < 1.29 is 14.3 Å². The number of carbonyl (C=O) groups excluding carboxylic acids is 1. The van der Waals surface area contributed by atoms with Gasteiger partial charge in [-0.2, -0.15) is 0 Å². The number of amides is 1. The van der Waals surface area contributed by atoms with Crippen molar-refractivity contribution in [1.29, 1.82) is 0 Å². The third-order valence-corrected chi connectivity index (χ3v) is 6.10. The van der Waals surface area contributed by atoms with Crippen LogP contribution in [0.25, 0.3) is 0 Å². The van der Waals surface area contributed by atoms with E-state index in [-0.39, 0.29) is 23.5 Å². The molecule has 3 N–H and O–H groups in total. The topological polar surface area (TPSA) is 73.6 Å². The number of ether oxygens (including phenoxy) is 2. The average Bonchev–Trinajstić information content (AvgIpc) is 2.55. The molecule has 0 aromatic rings. The molecule has 2 rings (SSSR count). The lowest BCUT2D eigenvalue weighted by molar-refractivity contribution is -0.156. The van der Waals surface area contributed by atoms with Crippen molar-refractivity contribution in [2.24, 2.45) is 16.6 Å². The summed E-state index contributed by atoms with van der Waals surface area (Å²) in [5.74, 6) is 0.115. The van der Waals surface area contributed by atoms with Crippen molar-refractivity contribution in [3.8, 4) is 0 Å². The predicted molar refractivity (Wildman–Crippen MR) is 86.5 cm³/mol. The van der Waals surface area contributed by atoms with Gasteiger partial charge in [0, 0.05) is 37.8 Å². The Morgan fingerprint density at radius 3 is 2.41 bits per heavy atom. The van der Waals surface area contributed by atoms with Gasteiger partial charge in [0.25, 0.3) is 0 Å². The van der Waals surface area contributed by atoms with Crippen molar-refractivity contribution in [2.75, 3.05) is 26.4 Å². The zero-order valence-electron chi connectivity index (χ0n) is 14.3. The fraction of sp³-hybridized carbons (Fsp3) is 0.941. The second-order valence-electron chi connectivity index (χ2n) is 6.74. The van der Waals surface area contributed by atoms with Crippen LogP contribution in [-0.4, -0.2) is 44.4 Å². The van der Waals surface area contributed by atoms with Gasteiger partial charge in [-0.3, -0.25) is 4.79 Å². The van der Waals surface area contributed by atoms with E-state index in [4.69, 9.17) is 15.2 Å². The Morgan fingerprint density at radius 1 is 1.27 bits per heavy atom. The first kappa shape index (κ1) is 17.7. The van der Waals surface area contributed by atoms with Crippen LogP contribution < -0.4 is 11.1 Å². The number of rotatable bonds is 7. The van der Waals surface area contributed by atoms with Gasteiger partial charge in [0.05, 0.1) is 11.5 Å². The molecule has 1 saturated heterocycles. The fourth-order valence-electron chi connectivity index (χ4n) is 4.18. The van der Waals surface area contributed by atoms with E-state index in [0.29, 0.717) is 19.8 Å². The molecule has 0 spiro atoms. The summed E-state index contributed by atoms with van der Waals surface area (Å²) in [7, 11) is 0. The summed E-state index contributed by atoms with van der Waals surface area (Å²) in [6, 6.07) is 0.206. The van der Waals surface area contributed by atoms with Crippen LogP contribution in [0.4, 0.5) is 0 Å². The zero-order valence-corrected chi connectivity index (χ0v) is 14.3. The molecular formula is C17H32N2O3. The van der Waals surface area contributed by atoms with Gasteiger partial charge >= 0.3 is 0 Å². The molecule has 1 amide bonds. The van der Waals surface area contributed by atoms with E-state index in [2.05, 4.69) is 19.2 Å². The minimum atomic E-state index is -0.442. The van der Waals surface area contributed by atoms with Crippen LogP contribution >= 0.6 is 0 Å². The van der Waals surface area contributed by atoms with Gasteiger partial charge in [-0.1, -0.05) is 13.8 Å². The van der Waals surface area contributed by atoms with Crippen LogP contribution in [0.2, 0.25) is 0 Å². The monoisotopic (exact) mass is 312 g/mol. The van der Waals surface area contributed by atoms with Gasteiger partial charge < -0.3 is 20.5 Å². The standard InChI is InChI=1S/C17H32N2O3/c1-4-17(5-2)13(11-14(17)22-6-3)19-15(20)16(12-18)7-9-21-10-8-16/h13-14H,4-12,18H2,1-3H3,(H,19,20). The third kappa shape index (κ3) is 2.91. The molecule has 22 heavy (non-hydrogen) atoms. The lowest BCUT2D eigenvalue weighted by atomic mass is 9.58. The lowest BCUT2D eigenvalue weighted by Gasteiger charge is -2.56. The zero-order chi connectivity index (χ0) is 16.2. The van der Waals surface area contributed by atoms with E-state index in [1.165, 1.54) is 0 Å². The molecule has 0 bridgehead atoms. The smallest absolute Gasteiger partial charge is 0.227 e. The normalized spacial score (nSPS) is 29.6. The SMILES string of the molecule is CCOC1CC(NC(=O)C2(CN)CCOCC2)C1(CC)CC. The molecule has 1 aliphatic heterocycles. The Balaban J connectivity index is 2.04. The van der Waals surface area contributed by atoms with Gasteiger partial charge in [-0.15, -0.1) is 0 Å². The molecule has 5 nitrogen and oxygen atoms in total. The van der Waals surface area contributed by atoms with Crippen molar-refractivity contribution in [3.63, 3.8) is 0 Å². The molecule has 1 saturated carbocycles. The summed E-state index contributed by atoms with van der Waals surface area (Å²) < 4.78 is 11.3. The van der Waals surface area contributed by atoms with Crippen LogP contribution in [0.1, 0.15) is 52.9 Å². The number of hydrogen-bond donors (Lipinski definition) is 2. The molecule has 128 valence electrons. The quantitative estimate of drug-likeness (QED) is 0.752. The Morgan fingerprint density at radius 2 is 1.91 bits per heavy atom. The molecule has 1 heterocycles. The number of carbonyl (C=O) groups is 1. The van der Waals surface area contributed by atoms with Gasteiger partial charge in [-0.25, -0.2) is 0 Å². The van der Waals surface area contributed by atoms with Gasteiger partial charge in [-0.05, 0) is 39.0 Å². The predicted octanol–water partition coefficient (Wildman–Crippen LogP) is 1.84. The molecule has 2 fully saturated rings. The highest BCUT2D eigenvalue weighted by molar-refractivity contribution is 5.83. The van der Waals surface area contributed by atoms with Gasteiger partial charge in [0.15, 0.2) is 0 Å². The molecule has 0 aromatic heterocycles. The number of nitrogens with two attached hydrogens (primary N) is 1. The minimum absolute atomic E-state index is 0.0760. The Kier molecular flexibility index (Phi) is 5.86. The summed E-state index contributed by atoms with van der Waals surface area (Å²) in [6.45, 7) is 8.81.